The van der Waals surface area contributed by atoms with Gasteiger partial charge in [0.15, 0.2) is 0 Å². The minimum absolute atomic E-state index is 0.548. The van der Waals surface area contributed by atoms with Gasteiger partial charge in [-0.05, 0) is 31.0 Å². The third-order valence-corrected chi connectivity index (χ3v) is 3.78. The monoisotopic (exact) mass is 272 g/mol. The molecule has 0 amide bonds. The molecule has 1 heterocycles. The second-order valence-corrected chi connectivity index (χ2v) is 5.15. The lowest BCUT2D eigenvalue weighted by Gasteiger charge is -2.39. The number of ether oxygens (including phenoxy) is 1. The summed E-state index contributed by atoms with van der Waals surface area (Å²) in [6.45, 7) is 3.54. The van der Waals surface area contributed by atoms with Crippen LogP contribution in [0.25, 0.3) is 0 Å². The van der Waals surface area contributed by atoms with Crippen molar-refractivity contribution in [1.82, 2.24) is 0 Å². The number of aliphatic hydroxyl groups excluding tert-OH is 3. The van der Waals surface area contributed by atoms with Crippen molar-refractivity contribution >= 4 is 11.6 Å². The van der Waals surface area contributed by atoms with Crippen molar-refractivity contribution in [3.63, 3.8) is 0 Å². The fourth-order valence-electron chi connectivity index (χ4n) is 2.11. The summed E-state index contributed by atoms with van der Waals surface area (Å²) in [5.74, 6) is 0. The van der Waals surface area contributed by atoms with E-state index in [4.69, 9.17) is 16.3 Å². The molecule has 4 nitrogen and oxygen atoms in total. The zero-order valence-corrected chi connectivity index (χ0v) is 11.0. The second kappa shape index (κ2) is 5.15. The van der Waals surface area contributed by atoms with Gasteiger partial charge in [-0.25, -0.2) is 0 Å². The number of hydrogen-bond donors (Lipinski definition) is 3. The fraction of sp³-hybridized carbons (Fsp3) is 0.538. The highest BCUT2D eigenvalue weighted by Crippen LogP contribution is 2.33. The van der Waals surface area contributed by atoms with Crippen molar-refractivity contribution in [1.29, 1.82) is 0 Å². The average Bonchev–Trinajstić information content (AvgIpc) is 2.35. The first-order valence-corrected chi connectivity index (χ1v) is 6.25. The summed E-state index contributed by atoms with van der Waals surface area (Å²) in [6.07, 6.45) is -4.71. The van der Waals surface area contributed by atoms with E-state index in [1.807, 2.05) is 13.0 Å². The lowest BCUT2D eigenvalue weighted by atomic mass is 9.91. The standard InChI is InChI=1S/C13H17ClO4/c1-6-3-4-8(5-9(6)14)13-12(17)11(16)10(15)7(2)18-13/h3-5,7,10-13,15-17H,1-2H3/t7-,10-,11+,12-,13+/m1/s1. The molecule has 3 N–H and O–H groups in total. The number of hydrogen-bond acceptors (Lipinski definition) is 4. The Kier molecular flexibility index (Phi) is 3.94. The molecule has 5 atom stereocenters. The van der Waals surface area contributed by atoms with Gasteiger partial charge in [0.05, 0.1) is 6.10 Å². The zero-order chi connectivity index (χ0) is 13.4. The molecule has 18 heavy (non-hydrogen) atoms. The Hall–Kier alpha value is -0.650. The summed E-state index contributed by atoms with van der Waals surface area (Å²) in [6, 6.07) is 5.34. The van der Waals surface area contributed by atoms with Gasteiger partial charge in [-0.2, -0.15) is 0 Å². The van der Waals surface area contributed by atoms with Crippen LogP contribution in [0.2, 0.25) is 5.02 Å². The molecule has 0 saturated carbocycles. The summed E-state index contributed by atoms with van der Waals surface area (Å²) < 4.78 is 5.54. The Balaban J connectivity index is 2.29. The van der Waals surface area contributed by atoms with Crippen LogP contribution in [0.15, 0.2) is 18.2 Å². The molecule has 100 valence electrons. The molecule has 1 fully saturated rings. The Morgan fingerprint density at radius 1 is 1.11 bits per heavy atom. The molecule has 1 aromatic rings. The van der Waals surface area contributed by atoms with E-state index < -0.39 is 30.5 Å². The van der Waals surface area contributed by atoms with Crippen LogP contribution in [0, 0.1) is 6.92 Å². The molecule has 2 rings (SSSR count). The number of rotatable bonds is 1. The largest absolute Gasteiger partial charge is 0.388 e. The predicted octanol–water partition coefficient (Wildman–Crippen LogP) is 1.19. The highest BCUT2D eigenvalue weighted by Gasteiger charge is 2.42. The van der Waals surface area contributed by atoms with Crippen molar-refractivity contribution in [3.05, 3.63) is 34.3 Å². The predicted molar refractivity (Wildman–Crippen MR) is 67.5 cm³/mol. The van der Waals surface area contributed by atoms with Crippen molar-refractivity contribution < 1.29 is 20.1 Å². The molecular weight excluding hydrogens is 256 g/mol. The number of halogens is 1. The summed E-state index contributed by atoms with van der Waals surface area (Å²) >= 11 is 6.03. The molecule has 0 radical (unpaired) electrons. The van der Waals surface area contributed by atoms with Gasteiger partial charge in [0.25, 0.3) is 0 Å². The van der Waals surface area contributed by atoms with E-state index in [-0.39, 0.29) is 0 Å². The highest BCUT2D eigenvalue weighted by molar-refractivity contribution is 6.31. The fourth-order valence-corrected chi connectivity index (χ4v) is 2.30. The summed E-state index contributed by atoms with van der Waals surface area (Å²) in [7, 11) is 0. The van der Waals surface area contributed by atoms with Crippen LogP contribution in [-0.4, -0.2) is 39.7 Å². The van der Waals surface area contributed by atoms with E-state index >= 15 is 0 Å². The van der Waals surface area contributed by atoms with E-state index in [0.29, 0.717) is 10.6 Å². The summed E-state index contributed by atoms with van der Waals surface area (Å²) in [5, 5.41) is 29.9. The lowest BCUT2D eigenvalue weighted by Crippen LogP contribution is -2.53. The van der Waals surface area contributed by atoms with Crippen molar-refractivity contribution in [2.24, 2.45) is 0 Å². The van der Waals surface area contributed by atoms with Crippen molar-refractivity contribution in [3.8, 4) is 0 Å². The maximum Gasteiger partial charge on any atom is 0.113 e. The number of benzene rings is 1. The van der Waals surface area contributed by atoms with Gasteiger partial charge in [0.2, 0.25) is 0 Å². The van der Waals surface area contributed by atoms with Crippen LogP contribution in [0.3, 0.4) is 0 Å². The number of aryl methyl sites for hydroxylation is 1. The Labute approximate surface area is 111 Å². The quantitative estimate of drug-likeness (QED) is 0.718. The van der Waals surface area contributed by atoms with E-state index in [0.717, 1.165) is 5.56 Å². The van der Waals surface area contributed by atoms with Crippen molar-refractivity contribution in [2.75, 3.05) is 0 Å². The Morgan fingerprint density at radius 3 is 2.39 bits per heavy atom. The topological polar surface area (TPSA) is 69.9 Å². The Morgan fingerprint density at radius 2 is 1.78 bits per heavy atom. The first kappa shape index (κ1) is 13.8. The Bertz CT molecular complexity index is 437. The van der Waals surface area contributed by atoms with Crippen LogP contribution in [0.4, 0.5) is 0 Å². The van der Waals surface area contributed by atoms with Gasteiger partial charge < -0.3 is 20.1 Å². The molecule has 1 saturated heterocycles. The molecule has 0 unspecified atom stereocenters. The second-order valence-electron chi connectivity index (χ2n) is 4.74. The SMILES string of the molecule is Cc1ccc([C@@H]2O[C@H](C)[C@@H](O)[C@H](O)[C@H]2O)cc1Cl. The van der Waals surface area contributed by atoms with Gasteiger partial charge in [-0.3, -0.25) is 0 Å². The average molecular weight is 273 g/mol. The minimum Gasteiger partial charge on any atom is -0.388 e. The third kappa shape index (κ3) is 2.39. The van der Waals surface area contributed by atoms with Gasteiger partial charge in [-0.1, -0.05) is 23.7 Å². The zero-order valence-electron chi connectivity index (χ0n) is 10.2. The summed E-state index contributed by atoms with van der Waals surface area (Å²) in [4.78, 5) is 0. The molecule has 5 heteroatoms. The first-order chi connectivity index (χ1) is 8.41. The normalized spacial score (nSPS) is 36.7. The van der Waals surface area contributed by atoms with Gasteiger partial charge >= 0.3 is 0 Å². The van der Waals surface area contributed by atoms with Gasteiger partial charge in [0.1, 0.15) is 24.4 Å². The molecule has 0 aromatic heterocycles. The first-order valence-electron chi connectivity index (χ1n) is 5.87. The van der Waals surface area contributed by atoms with Crippen LogP contribution in [-0.2, 0) is 4.74 Å². The molecule has 0 bridgehead atoms. The van der Waals surface area contributed by atoms with Gasteiger partial charge in [0, 0.05) is 5.02 Å². The highest BCUT2D eigenvalue weighted by atomic mass is 35.5. The van der Waals surface area contributed by atoms with Crippen LogP contribution in [0.1, 0.15) is 24.2 Å². The summed E-state index contributed by atoms with van der Waals surface area (Å²) in [5.41, 5.74) is 1.62. The molecule has 0 spiro atoms. The molecule has 0 aliphatic carbocycles. The number of aliphatic hydroxyl groups is 3. The van der Waals surface area contributed by atoms with Crippen LogP contribution >= 0.6 is 11.6 Å². The molecule has 1 aromatic carbocycles. The third-order valence-electron chi connectivity index (χ3n) is 3.38. The van der Waals surface area contributed by atoms with Gasteiger partial charge in [-0.15, -0.1) is 0 Å². The van der Waals surface area contributed by atoms with Crippen molar-refractivity contribution in [2.45, 2.75) is 44.4 Å². The van der Waals surface area contributed by atoms with Crippen LogP contribution in [0.5, 0.6) is 0 Å². The molecule has 1 aliphatic heterocycles. The van der Waals surface area contributed by atoms with E-state index in [1.54, 1.807) is 19.1 Å². The maximum atomic E-state index is 9.96. The smallest absolute Gasteiger partial charge is 0.113 e. The maximum absolute atomic E-state index is 9.96. The van der Waals surface area contributed by atoms with Crippen LogP contribution < -0.4 is 0 Å². The molecular formula is C13H17ClO4. The van der Waals surface area contributed by atoms with E-state index in [1.165, 1.54) is 0 Å². The lowest BCUT2D eigenvalue weighted by molar-refractivity contribution is -0.219. The van der Waals surface area contributed by atoms with E-state index in [9.17, 15) is 15.3 Å². The van der Waals surface area contributed by atoms with E-state index in [2.05, 4.69) is 0 Å². The minimum atomic E-state index is -1.22. The molecule has 1 aliphatic rings.